The normalized spacial score (nSPS) is 19.1. The van der Waals surface area contributed by atoms with Gasteiger partial charge in [-0.3, -0.25) is 4.90 Å². The van der Waals surface area contributed by atoms with E-state index in [0.29, 0.717) is 24.8 Å². The number of amides is 1. The zero-order valence-corrected chi connectivity index (χ0v) is 19.7. The van der Waals surface area contributed by atoms with E-state index in [1.807, 2.05) is 51.1 Å². The minimum atomic E-state index is -0.861. The van der Waals surface area contributed by atoms with E-state index >= 15 is 0 Å². The molecule has 1 fully saturated rings. The summed E-state index contributed by atoms with van der Waals surface area (Å²) in [6, 6.07) is 15.7. The average molecular weight is 456 g/mol. The number of benzene rings is 2. The van der Waals surface area contributed by atoms with Crippen LogP contribution in [0.25, 0.3) is 0 Å². The molecule has 0 bridgehead atoms. The first-order valence-electron chi connectivity index (χ1n) is 11.2. The number of carbonyl (C=O) groups is 2. The van der Waals surface area contributed by atoms with E-state index < -0.39 is 36.4 Å². The fourth-order valence-electron chi connectivity index (χ4n) is 4.17. The van der Waals surface area contributed by atoms with E-state index in [1.54, 1.807) is 36.3 Å². The molecule has 0 spiro atoms. The smallest absolute Gasteiger partial charge is 0.410 e. The fraction of sp³-hybridized carbons (Fsp3) is 0.462. The Labute approximate surface area is 195 Å². The van der Waals surface area contributed by atoms with Gasteiger partial charge in [-0.25, -0.2) is 9.59 Å². The van der Waals surface area contributed by atoms with Gasteiger partial charge in [0.25, 0.3) is 0 Å². The summed E-state index contributed by atoms with van der Waals surface area (Å²) in [5.74, 6) is 0.214. The maximum atomic E-state index is 13.2. The minimum absolute atomic E-state index is 0.165. The SMILES string of the molecule is COc1cccc(C[C@@H]2CC[C@H]([C@H](CO)OC(=O)c3ccccc3)N2C(=O)OC(C)(C)C)c1. The summed E-state index contributed by atoms with van der Waals surface area (Å²) < 4.78 is 16.7. The number of carbonyl (C=O) groups excluding carboxylic acids is 2. The molecule has 33 heavy (non-hydrogen) atoms. The molecule has 3 rings (SSSR count). The molecule has 1 aliphatic heterocycles. The van der Waals surface area contributed by atoms with E-state index in [4.69, 9.17) is 14.2 Å². The van der Waals surface area contributed by atoms with Crippen LogP contribution in [0.5, 0.6) is 5.75 Å². The van der Waals surface area contributed by atoms with Crippen molar-refractivity contribution in [3.8, 4) is 5.75 Å². The van der Waals surface area contributed by atoms with Crippen LogP contribution in [-0.4, -0.2) is 59.6 Å². The molecule has 0 saturated carbocycles. The molecule has 0 aliphatic carbocycles. The molecule has 1 amide bonds. The van der Waals surface area contributed by atoms with Crippen LogP contribution in [0.1, 0.15) is 49.5 Å². The fourth-order valence-corrected chi connectivity index (χ4v) is 4.17. The van der Waals surface area contributed by atoms with Gasteiger partial charge in [0.15, 0.2) is 0 Å². The van der Waals surface area contributed by atoms with E-state index in [9.17, 15) is 14.7 Å². The lowest BCUT2D eigenvalue weighted by molar-refractivity contribution is -0.0315. The van der Waals surface area contributed by atoms with Gasteiger partial charge in [0.2, 0.25) is 0 Å². The molecule has 178 valence electrons. The van der Waals surface area contributed by atoms with Gasteiger partial charge in [0.05, 0.1) is 25.3 Å². The second-order valence-corrected chi connectivity index (χ2v) is 9.23. The van der Waals surface area contributed by atoms with Crippen molar-refractivity contribution in [2.24, 2.45) is 0 Å². The number of nitrogens with zero attached hydrogens (tertiary/aromatic N) is 1. The second kappa shape index (κ2) is 10.7. The van der Waals surface area contributed by atoms with Crippen molar-refractivity contribution < 1.29 is 28.9 Å². The Bertz CT molecular complexity index is 939. The minimum Gasteiger partial charge on any atom is -0.497 e. The van der Waals surface area contributed by atoms with Gasteiger partial charge in [-0.05, 0) is 69.9 Å². The number of hydrogen-bond donors (Lipinski definition) is 1. The van der Waals surface area contributed by atoms with Gasteiger partial charge in [-0.2, -0.15) is 0 Å². The molecular weight excluding hydrogens is 422 g/mol. The van der Waals surface area contributed by atoms with Gasteiger partial charge in [0.1, 0.15) is 17.5 Å². The van der Waals surface area contributed by atoms with Gasteiger partial charge >= 0.3 is 12.1 Å². The standard InChI is InChI=1S/C26H33NO6/c1-26(2,3)33-25(30)27-20(15-18-9-8-12-21(16-18)31-4)13-14-22(27)23(17-28)32-24(29)19-10-6-5-7-11-19/h5-12,16,20,22-23,28H,13-15,17H2,1-4H3/t20-,22+,23-/m0/s1. The monoisotopic (exact) mass is 455 g/mol. The predicted octanol–water partition coefficient (Wildman–Crippen LogP) is 4.22. The van der Waals surface area contributed by atoms with E-state index in [-0.39, 0.29) is 6.04 Å². The molecule has 7 nitrogen and oxygen atoms in total. The highest BCUT2D eigenvalue weighted by atomic mass is 16.6. The lowest BCUT2D eigenvalue weighted by Crippen LogP contribution is -2.51. The number of aliphatic hydroxyl groups excluding tert-OH is 1. The van der Waals surface area contributed by atoms with Gasteiger partial charge in [-0.1, -0.05) is 30.3 Å². The summed E-state index contributed by atoms with van der Waals surface area (Å²) in [5, 5.41) is 10.1. The molecule has 0 aromatic heterocycles. The topological polar surface area (TPSA) is 85.3 Å². The highest BCUT2D eigenvalue weighted by molar-refractivity contribution is 5.89. The Morgan fingerprint density at radius 1 is 1.09 bits per heavy atom. The third-order valence-corrected chi connectivity index (χ3v) is 5.63. The average Bonchev–Trinajstić information content (AvgIpc) is 3.20. The number of rotatable bonds is 7. The first kappa shape index (κ1) is 24.6. The Balaban J connectivity index is 1.83. The first-order chi connectivity index (χ1) is 15.7. The van der Waals surface area contributed by atoms with Crippen LogP contribution in [0.3, 0.4) is 0 Å². The first-order valence-corrected chi connectivity index (χ1v) is 11.2. The maximum absolute atomic E-state index is 13.2. The number of aliphatic hydroxyl groups is 1. The lowest BCUT2D eigenvalue weighted by atomic mass is 10.0. The van der Waals surface area contributed by atoms with E-state index in [2.05, 4.69) is 0 Å². The van der Waals surface area contributed by atoms with Crippen molar-refractivity contribution in [2.45, 2.75) is 63.8 Å². The van der Waals surface area contributed by atoms with Crippen molar-refractivity contribution >= 4 is 12.1 Å². The predicted molar refractivity (Wildman–Crippen MR) is 124 cm³/mol. The largest absolute Gasteiger partial charge is 0.497 e. The van der Waals surface area contributed by atoms with Gasteiger partial charge < -0.3 is 19.3 Å². The summed E-state index contributed by atoms with van der Waals surface area (Å²) in [6.45, 7) is 5.04. The van der Waals surface area contributed by atoms with Crippen molar-refractivity contribution in [3.05, 3.63) is 65.7 Å². The maximum Gasteiger partial charge on any atom is 0.410 e. The number of ether oxygens (including phenoxy) is 3. The third-order valence-electron chi connectivity index (χ3n) is 5.63. The Morgan fingerprint density at radius 3 is 2.45 bits per heavy atom. The van der Waals surface area contributed by atoms with Crippen LogP contribution in [0.4, 0.5) is 4.79 Å². The highest BCUT2D eigenvalue weighted by Gasteiger charge is 2.44. The quantitative estimate of drug-likeness (QED) is 0.629. The number of esters is 1. The van der Waals surface area contributed by atoms with E-state index in [0.717, 1.165) is 11.3 Å². The van der Waals surface area contributed by atoms with Gasteiger partial charge in [-0.15, -0.1) is 0 Å². The molecule has 7 heteroatoms. The Kier molecular flexibility index (Phi) is 7.97. The van der Waals surface area contributed by atoms with Crippen molar-refractivity contribution in [1.82, 2.24) is 4.90 Å². The zero-order valence-electron chi connectivity index (χ0n) is 19.7. The van der Waals surface area contributed by atoms with Crippen molar-refractivity contribution in [1.29, 1.82) is 0 Å². The molecule has 0 radical (unpaired) electrons. The summed E-state index contributed by atoms with van der Waals surface area (Å²) in [5.41, 5.74) is 0.737. The molecule has 1 N–H and O–H groups in total. The molecule has 2 aromatic rings. The van der Waals surface area contributed by atoms with Crippen LogP contribution >= 0.6 is 0 Å². The summed E-state index contributed by atoms with van der Waals surface area (Å²) >= 11 is 0. The molecule has 3 atom stereocenters. The third kappa shape index (κ3) is 6.48. The molecule has 2 aromatic carbocycles. The van der Waals surface area contributed by atoms with Crippen LogP contribution in [0.2, 0.25) is 0 Å². The zero-order chi connectivity index (χ0) is 24.0. The molecule has 1 saturated heterocycles. The molecule has 0 unspecified atom stereocenters. The van der Waals surface area contributed by atoms with Crippen LogP contribution in [0, 0.1) is 0 Å². The van der Waals surface area contributed by atoms with Gasteiger partial charge in [0, 0.05) is 6.04 Å². The number of methoxy groups -OCH3 is 1. The Hall–Kier alpha value is -3.06. The summed E-state index contributed by atoms with van der Waals surface area (Å²) in [6.07, 6.45) is 0.534. The number of hydrogen-bond acceptors (Lipinski definition) is 6. The number of likely N-dealkylation sites (tertiary alicyclic amines) is 1. The summed E-state index contributed by atoms with van der Waals surface area (Å²) in [4.78, 5) is 27.5. The molecule has 1 heterocycles. The van der Waals surface area contributed by atoms with Crippen molar-refractivity contribution in [2.75, 3.05) is 13.7 Å². The second-order valence-electron chi connectivity index (χ2n) is 9.23. The van der Waals surface area contributed by atoms with Crippen LogP contribution < -0.4 is 4.74 Å². The highest BCUT2D eigenvalue weighted by Crippen LogP contribution is 2.32. The van der Waals surface area contributed by atoms with Crippen LogP contribution in [0.15, 0.2) is 54.6 Å². The van der Waals surface area contributed by atoms with Crippen LogP contribution in [-0.2, 0) is 15.9 Å². The van der Waals surface area contributed by atoms with Crippen molar-refractivity contribution in [3.63, 3.8) is 0 Å². The molecular formula is C26H33NO6. The lowest BCUT2D eigenvalue weighted by Gasteiger charge is -2.35. The molecule has 1 aliphatic rings. The Morgan fingerprint density at radius 2 is 1.82 bits per heavy atom. The summed E-state index contributed by atoms with van der Waals surface area (Å²) in [7, 11) is 1.62. The van der Waals surface area contributed by atoms with E-state index in [1.165, 1.54) is 0 Å².